The van der Waals surface area contributed by atoms with Crippen molar-refractivity contribution in [2.24, 2.45) is 0 Å². The molecule has 3 N–H and O–H groups in total. The molecule has 0 aliphatic heterocycles. The SMILES string of the molecule is O=C(O)COc1ccc(NC(=O)NC(=O)c2ccc3nccnc3c2)cc1Cl. The molecule has 0 spiro atoms. The van der Waals surface area contributed by atoms with Gasteiger partial charge in [-0.2, -0.15) is 0 Å². The van der Waals surface area contributed by atoms with Crippen LogP contribution in [-0.2, 0) is 4.79 Å². The van der Waals surface area contributed by atoms with Gasteiger partial charge in [0.1, 0.15) is 5.75 Å². The lowest BCUT2D eigenvalue weighted by molar-refractivity contribution is -0.139. The van der Waals surface area contributed by atoms with Crippen molar-refractivity contribution in [1.82, 2.24) is 15.3 Å². The van der Waals surface area contributed by atoms with Crippen LogP contribution in [0.25, 0.3) is 11.0 Å². The molecule has 3 aromatic rings. The number of aliphatic carboxylic acids is 1. The lowest BCUT2D eigenvalue weighted by Gasteiger charge is -2.10. The number of carbonyl (C=O) groups excluding carboxylic acids is 2. The quantitative estimate of drug-likeness (QED) is 0.600. The van der Waals surface area contributed by atoms with Crippen LogP contribution in [0.4, 0.5) is 10.5 Å². The first-order chi connectivity index (χ1) is 13.4. The number of rotatable bonds is 5. The Morgan fingerprint density at radius 3 is 2.50 bits per heavy atom. The van der Waals surface area contributed by atoms with Gasteiger partial charge in [-0.05, 0) is 36.4 Å². The van der Waals surface area contributed by atoms with E-state index >= 15 is 0 Å². The molecule has 142 valence electrons. The Morgan fingerprint density at radius 2 is 1.79 bits per heavy atom. The fourth-order valence-electron chi connectivity index (χ4n) is 2.28. The number of fused-ring (bicyclic) bond motifs is 1. The summed E-state index contributed by atoms with van der Waals surface area (Å²) in [5.41, 5.74) is 1.70. The molecule has 3 rings (SSSR count). The average molecular weight is 401 g/mol. The first-order valence-corrected chi connectivity index (χ1v) is 8.27. The van der Waals surface area contributed by atoms with Crippen LogP contribution in [0.2, 0.25) is 5.02 Å². The second kappa shape index (κ2) is 8.31. The molecular formula is C18H13ClN4O5. The van der Waals surface area contributed by atoms with E-state index in [-0.39, 0.29) is 16.3 Å². The number of hydrogen-bond donors (Lipinski definition) is 3. The molecule has 0 aliphatic rings. The van der Waals surface area contributed by atoms with Crippen LogP contribution < -0.4 is 15.4 Å². The van der Waals surface area contributed by atoms with E-state index in [1.807, 2.05) is 0 Å². The van der Waals surface area contributed by atoms with E-state index in [4.69, 9.17) is 21.4 Å². The third-order valence-electron chi connectivity index (χ3n) is 3.50. The molecule has 10 heteroatoms. The maximum absolute atomic E-state index is 12.2. The summed E-state index contributed by atoms with van der Waals surface area (Å²) in [5, 5.41) is 13.4. The van der Waals surface area contributed by atoms with Crippen LogP contribution >= 0.6 is 11.6 Å². The first-order valence-electron chi connectivity index (χ1n) is 7.89. The number of ether oxygens (including phenoxy) is 1. The number of aromatic nitrogens is 2. The number of imide groups is 1. The van der Waals surface area contributed by atoms with Gasteiger partial charge < -0.3 is 15.2 Å². The van der Waals surface area contributed by atoms with Gasteiger partial charge in [-0.3, -0.25) is 20.1 Å². The van der Waals surface area contributed by atoms with Gasteiger partial charge in [0.15, 0.2) is 6.61 Å². The molecule has 0 aliphatic carbocycles. The fourth-order valence-corrected chi connectivity index (χ4v) is 2.51. The highest BCUT2D eigenvalue weighted by Crippen LogP contribution is 2.27. The van der Waals surface area contributed by atoms with Crippen LogP contribution in [-0.4, -0.2) is 39.6 Å². The van der Waals surface area contributed by atoms with Crippen LogP contribution in [0.3, 0.4) is 0 Å². The molecule has 0 unspecified atom stereocenters. The van der Waals surface area contributed by atoms with Crippen molar-refractivity contribution >= 4 is 46.2 Å². The molecule has 0 bridgehead atoms. The van der Waals surface area contributed by atoms with Crippen LogP contribution in [0.5, 0.6) is 5.75 Å². The van der Waals surface area contributed by atoms with Gasteiger partial charge in [0.25, 0.3) is 5.91 Å². The zero-order valence-corrected chi connectivity index (χ0v) is 14.9. The highest BCUT2D eigenvalue weighted by Gasteiger charge is 2.13. The monoisotopic (exact) mass is 400 g/mol. The van der Waals surface area contributed by atoms with Crippen molar-refractivity contribution in [1.29, 1.82) is 0 Å². The van der Waals surface area contributed by atoms with E-state index in [1.54, 1.807) is 12.3 Å². The van der Waals surface area contributed by atoms with E-state index in [1.165, 1.54) is 36.5 Å². The molecule has 0 fully saturated rings. The summed E-state index contributed by atoms with van der Waals surface area (Å²) in [5.74, 6) is -1.60. The number of carboxylic acid groups (broad SMARTS) is 1. The Kier molecular flexibility index (Phi) is 5.66. The Morgan fingerprint density at radius 1 is 1.04 bits per heavy atom. The topological polar surface area (TPSA) is 131 Å². The lowest BCUT2D eigenvalue weighted by atomic mass is 10.2. The highest BCUT2D eigenvalue weighted by atomic mass is 35.5. The fraction of sp³-hybridized carbons (Fsp3) is 0.0556. The number of benzene rings is 2. The predicted octanol–water partition coefficient (Wildman–Crippen LogP) is 2.71. The molecule has 9 nitrogen and oxygen atoms in total. The number of nitrogens with zero attached hydrogens (tertiary/aromatic N) is 2. The van der Waals surface area contributed by atoms with E-state index < -0.39 is 24.5 Å². The van der Waals surface area contributed by atoms with E-state index in [0.29, 0.717) is 16.7 Å². The minimum Gasteiger partial charge on any atom is -0.480 e. The van der Waals surface area contributed by atoms with Gasteiger partial charge in [-0.25, -0.2) is 9.59 Å². The van der Waals surface area contributed by atoms with Gasteiger partial charge in [0.05, 0.1) is 16.1 Å². The maximum Gasteiger partial charge on any atom is 0.341 e. The zero-order valence-electron chi connectivity index (χ0n) is 14.2. The number of amides is 3. The molecule has 28 heavy (non-hydrogen) atoms. The van der Waals surface area contributed by atoms with E-state index in [2.05, 4.69) is 20.6 Å². The van der Waals surface area contributed by atoms with Gasteiger partial charge in [0, 0.05) is 23.6 Å². The average Bonchev–Trinajstić information content (AvgIpc) is 2.66. The third-order valence-corrected chi connectivity index (χ3v) is 3.79. The summed E-state index contributed by atoms with van der Waals surface area (Å²) >= 11 is 5.98. The molecule has 2 aromatic carbocycles. The molecule has 0 radical (unpaired) electrons. The van der Waals surface area contributed by atoms with Crippen molar-refractivity contribution < 1.29 is 24.2 Å². The predicted molar refractivity (Wildman–Crippen MR) is 101 cm³/mol. The molecule has 0 atom stereocenters. The molecular weight excluding hydrogens is 388 g/mol. The molecule has 1 aromatic heterocycles. The van der Waals surface area contributed by atoms with Gasteiger partial charge in [0.2, 0.25) is 0 Å². The minimum atomic E-state index is -1.14. The van der Waals surface area contributed by atoms with Gasteiger partial charge >= 0.3 is 12.0 Å². The van der Waals surface area contributed by atoms with E-state index in [0.717, 1.165) is 0 Å². The third kappa shape index (κ3) is 4.71. The molecule has 0 saturated heterocycles. The van der Waals surface area contributed by atoms with Crippen molar-refractivity contribution in [3.05, 3.63) is 59.4 Å². The Balaban J connectivity index is 1.63. The van der Waals surface area contributed by atoms with Gasteiger partial charge in [-0.15, -0.1) is 0 Å². The Labute approximate surface area is 163 Å². The van der Waals surface area contributed by atoms with Crippen molar-refractivity contribution in [3.63, 3.8) is 0 Å². The van der Waals surface area contributed by atoms with E-state index in [9.17, 15) is 14.4 Å². The zero-order chi connectivity index (χ0) is 20.1. The second-order valence-corrected chi connectivity index (χ2v) is 5.90. The first kappa shape index (κ1) is 19.1. The Hall–Kier alpha value is -3.72. The summed E-state index contributed by atoms with van der Waals surface area (Å²) in [6.07, 6.45) is 3.04. The number of hydrogen-bond acceptors (Lipinski definition) is 6. The van der Waals surface area contributed by atoms with Crippen LogP contribution in [0, 0.1) is 0 Å². The van der Waals surface area contributed by atoms with Crippen molar-refractivity contribution in [2.45, 2.75) is 0 Å². The smallest absolute Gasteiger partial charge is 0.341 e. The van der Waals surface area contributed by atoms with Crippen molar-refractivity contribution in [2.75, 3.05) is 11.9 Å². The minimum absolute atomic E-state index is 0.110. The van der Waals surface area contributed by atoms with Crippen LogP contribution in [0.15, 0.2) is 48.8 Å². The largest absolute Gasteiger partial charge is 0.480 e. The highest BCUT2D eigenvalue weighted by molar-refractivity contribution is 6.32. The number of carbonyl (C=O) groups is 3. The summed E-state index contributed by atoms with van der Waals surface area (Å²) in [7, 11) is 0. The number of carboxylic acids is 1. The summed E-state index contributed by atoms with van der Waals surface area (Å²) < 4.78 is 4.99. The Bertz CT molecular complexity index is 1070. The number of anilines is 1. The number of halogens is 1. The molecule has 0 saturated carbocycles. The molecule has 1 heterocycles. The van der Waals surface area contributed by atoms with Crippen molar-refractivity contribution in [3.8, 4) is 5.75 Å². The normalized spacial score (nSPS) is 10.3. The van der Waals surface area contributed by atoms with Gasteiger partial charge in [-0.1, -0.05) is 11.6 Å². The standard InChI is InChI=1S/C18H13ClN4O5/c19-12-8-11(2-4-15(12)28-9-16(24)25)22-18(27)23-17(26)10-1-3-13-14(7-10)21-6-5-20-13/h1-8H,9H2,(H,24,25)(H2,22,23,26,27). The second-order valence-electron chi connectivity index (χ2n) is 5.50. The summed E-state index contributed by atoms with van der Waals surface area (Å²) in [6, 6.07) is 8.16. The maximum atomic E-state index is 12.2. The number of urea groups is 1. The lowest BCUT2D eigenvalue weighted by Crippen LogP contribution is -2.34. The molecule has 3 amide bonds. The number of nitrogens with one attached hydrogen (secondary N) is 2. The summed E-state index contributed by atoms with van der Waals surface area (Å²) in [4.78, 5) is 43.0. The summed E-state index contributed by atoms with van der Waals surface area (Å²) in [6.45, 7) is -0.544. The van der Waals surface area contributed by atoms with Crippen LogP contribution in [0.1, 0.15) is 10.4 Å².